The van der Waals surface area contributed by atoms with Crippen molar-refractivity contribution in [3.05, 3.63) is 94.1 Å². The Bertz CT molecular complexity index is 2510. The number of aliphatic hydroxyl groups is 4. The summed E-state index contributed by atoms with van der Waals surface area (Å²) in [6, 6.07) is 17.1. The normalized spacial score (nSPS) is 39.0. The van der Waals surface area contributed by atoms with E-state index in [1.54, 1.807) is 6.07 Å². The van der Waals surface area contributed by atoms with Gasteiger partial charge in [-0.2, -0.15) is 0 Å². The predicted molar refractivity (Wildman–Crippen MR) is 249 cm³/mol. The van der Waals surface area contributed by atoms with Crippen molar-refractivity contribution >= 4 is 5.78 Å². The monoisotopic (exact) mass is 897 g/mol. The number of allylic oxidation sites excluding steroid dienone is 2. The van der Waals surface area contributed by atoms with Crippen LogP contribution in [0.4, 0.5) is 0 Å². The molecule has 0 radical (unpaired) electrons. The smallest absolute Gasteiger partial charge is 0.160 e. The first-order chi connectivity index (χ1) is 31.9. The third-order valence-corrected chi connectivity index (χ3v) is 19.6. The van der Waals surface area contributed by atoms with E-state index in [1.165, 1.54) is 18.7 Å². The standard InChI is InChI=1S/C56H67NO9/c1-66-49-25-42(36(31-60)21-48(49)64)41-23-40(61)29-55(65)39(12-7-19-59)28-54-17-16-53-32-52(15-5-10-37(52)22-38(53)11-6-18-58)44-27-50(53)56(54,45-26-47(63)46(62)24-43(44)45)51(55)35(30-57-54)14-13-34(41)20-33-8-3-2-4-9-33/h2-4,8-9,21-22,24-26,34-35,37,39,41,44,50-51,57-60,62-65H,5-7,10-12,15-20,23,27-32H2,1H3/t34-,35-,37-,39-,41-,44-,50-,51+,52-,53+,54-,55-,56-/m1/s1. The second-order valence-corrected chi connectivity index (χ2v) is 22.0. The quantitative estimate of drug-likeness (QED) is 0.0548. The molecule has 4 saturated carbocycles. The Morgan fingerprint density at radius 2 is 1.71 bits per heavy atom. The lowest BCUT2D eigenvalue weighted by molar-refractivity contribution is -0.254. The van der Waals surface area contributed by atoms with Gasteiger partial charge in [0.1, 0.15) is 5.78 Å². The number of benzene rings is 3. The summed E-state index contributed by atoms with van der Waals surface area (Å²) in [6.07, 6.45) is 13.2. The molecular formula is C56H67NO9. The van der Waals surface area contributed by atoms with E-state index in [9.17, 15) is 35.7 Å². The number of rotatable bonds is 11. The Hall–Kier alpha value is -4.37. The van der Waals surface area contributed by atoms with Gasteiger partial charge in [0.15, 0.2) is 23.0 Å². The maximum atomic E-state index is 15.5. The molecule has 3 aromatic carbocycles. The molecule has 11 rings (SSSR count). The van der Waals surface area contributed by atoms with Crippen molar-refractivity contribution in [2.45, 2.75) is 131 Å². The van der Waals surface area contributed by atoms with Gasteiger partial charge in [0, 0.05) is 67.2 Å². The number of carbonyl (C=O) groups is 1. The van der Waals surface area contributed by atoms with Crippen LogP contribution in [-0.4, -0.2) is 79.5 Å². The largest absolute Gasteiger partial charge is 0.504 e. The molecule has 8 aliphatic rings. The van der Waals surface area contributed by atoms with Crippen molar-refractivity contribution in [2.75, 3.05) is 26.9 Å². The van der Waals surface area contributed by atoms with Gasteiger partial charge in [0.25, 0.3) is 0 Å². The molecule has 0 amide bonds. The van der Waals surface area contributed by atoms with Gasteiger partial charge < -0.3 is 45.8 Å². The van der Waals surface area contributed by atoms with E-state index < -0.39 is 40.2 Å². The summed E-state index contributed by atoms with van der Waals surface area (Å²) in [5.41, 5.74) is 2.61. The first-order valence-corrected chi connectivity index (χ1v) is 25.0. The molecule has 1 aliphatic heterocycles. The van der Waals surface area contributed by atoms with Gasteiger partial charge >= 0.3 is 0 Å². The molecule has 66 heavy (non-hydrogen) atoms. The van der Waals surface area contributed by atoms with E-state index in [0.717, 1.165) is 68.1 Å². The Labute approximate surface area is 388 Å². The molecule has 10 heteroatoms. The van der Waals surface area contributed by atoms with Crippen LogP contribution in [0.25, 0.3) is 0 Å². The molecule has 0 aromatic heterocycles. The topological polar surface area (TPSA) is 180 Å². The van der Waals surface area contributed by atoms with Gasteiger partial charge in [-0.25, -0.2) is 0 Å². The second kappa shape index (κ2) is 16.1. The van der Waals surface area contributed by atoms with Gasteiger partial charge in [0.05, 0.1) is 19.3 Å². The summed E-state index contributed by atoms with van der Waals surface area (Å²) in [5, 5.41) is 84.3. The van der Waals surface area contributed by atoms with Crippen LogP contribution in [0.5, 0.6) is 23.0 Å². The van der Waals surface area contributed by atoms with Gasteiger partial charge in [0.2, 0.25) is 0 Å². The second-order valence-electron chi connectivity index (χ2n) is 22.0. The first kappa shape index (κ1) is 44.2. The van der Waals surface area contributed by atoms with Crippen LogP contribution in [0.2, 0.25) is 0 Å². The highest BCUT2D eigenvalue weighted by molar-refractivity contribution is 5.81. The Balaban J connectivity index is 1.18. The van der Waals surface area contributed by atoms with E-state index in [-0.39, 0.29) is 90.0 Å². The minimum Gasteiger partial charge on any atom is -0.504 e. The number of aliphatic hydroxyl groups excluding tert-OH is 3. The molecule has 6 bridgehead atoms. The Morgan fingerprint density at radius 1 is 0.909 bits per heavy atom. The van der Waals surface area contributed by atoms with E-state index in [4.69, 9.17) is 4.74 Å². The molecule has 3 spiro atoms. The first-order valence-electron chi connectivity index (χ1n) is 25.0. The number of piperidine rings is 1. The lowest BCUT2D eigenvalue weighted by Crippen LogP contribution is -2.85. The summed E-state index contributed by atoms with van der Waals surface area (Å²) < 4.78 is 5.61. The highest BCUT2D eigenvalue weighted by Gasteiger charge is 2.81. The summed E-state index contributed by atoms with van der Waals surface area (Å²) >= 11 is 0. The number of methoxy groups -OCH3 is 1. The summed E-state index contributed by atoms with van der Waals surface area (Å²) in [6.45, 7) is 0.210. The number of ketones is 1. The van der Waals surface area contributed by atoms with E-state index in [1.807, 2.05) is 30.3 Å². The molecule has 3 aromatic rings. The lowest BCUT2D eigenvalue weighted by atomic mass is 9.26. The zero-order valence-electron chi connectivity index (χ0n) is 38.3. The fourth-order valence-corrected chi connectivity index (χ4v) is 17.5. The Kier molecular flexibility index (Phi) is 10.8. The minimum absolute atomic E-state index is 0.000666. The molecule has 1 heterocycles. The minimum atomic E-state index is -1.56. The number of fused-ring (bicyclic) bond motifs is 3. The Morgan fingerprint density at radius 3 is 2.48 bits per heavy atom. The van der Waals surface area contributed by atoms with Gasteiger partial charge in [-0.15, -0.1) is 0 Å². The van der Waals surface area contributed by atoms with E-state index in [2.05, 4.69) is 35.4 Å². The van der Waals surface area contributed by atoms with Crippen LogP contribution in [0.1, 0.15) is 130 Å². The maximum Gasteiger partial charge on any atom is 0.160 e. The number of phenolic OH excluding ortho intramolecular Hbond substituents is 3. The van der Waals surface area contributed by atoms with Crippen LogP contribution >= 0.6 is 0 Å². The van der Waals surface area contributed by atoms with Crippen molar-refractivity contribution in [1.82, 2.24) is 5.32 Å². The molecule has 8 N–H and O–H groups in total. The zero-order chi connectivity index (χ0) is 45.8. The average Bonchev–Trinajstić information content (AvgIpc) is 3.72. The maximum absolute atomic E-state index is 15.5. The number of phenols is 3. The molecule has 13 atom stereocenters. The van der Waals surface area contributed by atoms with Crippen molar-refractivity contribution in [1.29, 1.82) is 0 Å². The number of ether oxygens (including phenoxy) is 1. The fourth-order valence-electron chi connectivity index (χ4n) is 17.5. The number of hydrogen-bond donors (Lipinski definition) is 8. The summed E-state index contributed by atoms with van der Waals surface area (Å²) in [7, 11) is 1.48. The third kappa shape index (κ3) is 6.08. The number of carbonyl (C=O) groups excluding carboxylic acids is 1. The van der Waals surface area contributed by atoms with Gasteiger partial charge in [-0.1, -0.05) is 60.2 Å². The fraction of sp³-hybridized carbons (Fsp3) is 0.589. The molecule has 1 saturated heterocycles. The van der Waals surface area contributed by atoms with Crippen molar-refractivity contribution in [3.8, 4) is 34.8 Å². The van der Waals surface area contributed by atoms with Gasteiger partial charge in [-0.05, 0) is 164 Å². The molecule has 350 valence electrons. The van der Waals surface area contributed by atoms with Crippen molar-refractivity contribution < 1.29 is 45.3 Å². The highest BCUT2D eigenvalue weighted by atomic mass is 16.5. The van der Waals surface area contributed by atoms with E-state index in [0.29, 0.717) is 55.7 Å². The van der Waals surface area contributed by atoms with Crippen LogP contribution in [0.3, 0.4) is 0 Å². The SMILES string of the molecule is COc1cc([C@@H]2CC(=O)C[C@@]3(O)[C@H](CCCO)C[C@]45CC[C@]67C[C@@]8(CCC[C@@H]8C=C6CCCO)[C@@H]6C[C@H]7[C@]4(c4cc(O)c(O)cc46)[C@H]3[C@H](C#C[C@@H]2Cc2ccccc2)CN5)c(CO)cc1O. The zero-order valence-corrected chi connectivity index (χ0v) is 38.3. The number of aromatic hydroxyl groups is 3. The molecule has 10 nitrogen and oxygen atoms in total. The van der Waals surface area contributed by atoms with Gasteiger partial charge in [-0.3, -0.25) is 4.79 Å². The molecule has 7 aliphatic carbocycles. The van der Waals surface area contributed by atoms with Crippen molar-refractivity contribution in [2.24, 2.45) is 46.3 Å². The number of nitrogens with one attached hydrogen (secondary N) is 1. The highest BCUT2D eigenvalue weighted by Crippen LogP contribution is 2.83. The average molecular weight is 898 g/mol. The molecule has 5 fully saturated rings. The number of Topliss-reactive ketones (excluding diaryl/α,β-unsaturated/α-hetero) is 1. The summed E-state index contributed by atoms with van der Waals surface area (Å²) in [5.74, 6) is 5.75. The molecule has 0 unspecified atom stereocenters. The van der Waals surface area contributed by atoms with Crippen LogP contribution in [-0.2, 0) is 23.2 Å². The number of hydrogen-bond acceptors (Lipinski definition) is 10. The van der Waals surface area contributed by atoms with Crippen LogP contribution < -0.4 is 10.1 Å². The third-order valence-electron chi connectivity index (χ3n) is 19.6. The summed E-state index contributed by atoms with van der Waals surface area (Å²) in [4.78, 5) is 15.5. The molecular weight excluding hydrogens is 831 g/mol. The predicted octanol–water partition coefficient (Wildman–Crippen LogP) is 7.44. The lowest BCUT2D eigenvalue weighted by Gasteiger charge is -2.80. The van der Waals surface area contributed by atoms with E-state index >= 15 is 4.79 Å². The van der Waals surface area contributed by atoms with Crippen LogP contribution in [0, 0.1) is 58.2 Å². The van der Waals surface area contributed by atoms with Crippen molar-refractivity contribution in [3.63, 3.8) is 0 Å². The van der Waals surface area contributed by atoms with Crippen LogP contribution in [0.15, 0.2) is 66.2 Å².